The van der Waals surface area contributed by atoms with Crippen molar-refractivity contribution in [2.75, 3.05) is 0 Å². The zero-order valence-corrected chi connectivity index (χ0v) is 15.8. The van der Waals surface area contributed by atoms with Crippen molar-refractivity contribution >= 4 is 17.3 Å². The summed E-state index contributed by atoms with van der Waals surface area (Å²) in [6.45, 7) is 2.01. The van der Waals surface area contributed by atoms with Gasteiger partial charge in [-0.3, -0.25) is 19.7 Å². The number of halogens is 1. The highest BCUT2D eigenvalue weighted by Crippen LogP contribution is 2.29. The van der Waals surface area contributed by atoms with E-state index in [0.717, 1.165) is 33.5 Å². The maximum absolute atomic E-state index is 13.7. The minimum atomic E-state index is -0.632. The summed E-state index contributed by atoms with van der Waals surface area (Å²) in [5.74, 6) is -0.988. The second kappa shape index (κ2) is 7.74. The fraction of sp³-hybridized carbons (Fsp3) is 0.0952. The van der Waals surface area contributed by atoms with E-state index in [9.17, 15) is 9.18 Å². The highest BCUT2D eigenvalue weighted by Gasteiger charge is 2.14. The van der Waals surface area contributed by atoms with E-state index in [4.69, 9.17) is 0 Å². The molecule has 0 aliphatic carbocycles. The standard InChI is InChI=1S/C21H15FN4OS/c1-13-2-3-14(21-5-7-26-28-21)8-17(13)19-12-24-15(10-25-19)9-20(27)16-4-6-23-11-18(16)22/h2-8,10-12H,9H2,1H3. The Hall–Kier alpha value is -3.32. The molecule has 0 saturated heterocycles. The van der Waals surface area contributed by atoms with E-state index in [1.807, 2.05) is 19.1 Å². The number of nitrogens with zero attached hydrogens (tertiary/aromatic N) is 4. The van der Waals surface area contributed by atoms with Gasteiger partial charge < -0.3 is 0 Å². The average molecular weight is 390 g/mol. The molecule has 138 valence electrons. The normalized spacial score (nSPS) is 10.8. The van der Waals surface area contributed by atoms with Gasteiger partial charge in [0, 0.05) is 24.2 Å². The number of benzene rings is 1. The van der Waals surface area contributed by atoms with Gasteiger partial charge in [0.2, 0.25) is 0 Å². The molecule has 3 heterocycles. The van der Waals surface area contributed by atoms with Crippen molar-refractivity contribution < 1.29 is 9.18 Å². The van der Waals surface area contributed by atoms with Crippen LogP contribution in [0.2, 0.25) is 0 Å². The molecule has 0 amide bonds. The van der Waals surface area contributed by atoms with Crippen LogP contribution in [0.3, 0.4) is 0 Å². The molecule has 0 radical (unpaired) electrons. The number of aromatic nitrogens is 4. The Balaban J connectivity index is 1.58. The quantitative estimate of drug-likeness (QED) is 0.468. The van der Waals surface area contributed by atoms with E-state index in [2.05, 4.69) is 31.5 Å². The van der Waals surface area contributed by atoms with E-state index in [-0.39, 0.29) is 17.8 Å². The van der Waals surface area contributed by atoms with E-state index in [1.165, 1.54) is 23.8 Å². The van der Waals surface area contributed by atoms with Gasteiger partial charge in [0.1, 0.15) is 0 Å². The van der Waals surface area contributed by atoms with Crippen molar-refractivity contribution in [1.82, 2.24) is 19.3 Å². The zero-order chi connectivity index (χ0) is 19.5. The molecular formula is C21H15FN4OS. The second-order valence-electron chi connectivity index (χ2n) is 6.25. The Bertz CT molecular complexity index is 1130. The molecule has 1 aromatic carbocycles. The van der Waals surface area contributed by atoms with Gasteiger partial charge in [0.05, 0.1) is 40.6 Å². The molecular weight excluding hydrogens is 375 g/mol. The van der Waals surface area contributed by atoms with Gasteiger partial charge in [0.15, 0.2) is 11.6 Å². The average Bonchev–Trinajstić information content (AvgIpc) is 3.24. The zero-order valence-electron chi connectivity index (χ0n) is 15.0. The van der Waals surface area contributed by atoms with Gasteiger partial charge in [-0.2, -0.15) is 0 Å². The maximum atomic E-state index is 13.7. The fourth-order valence-corrected chi connectivity index (χ4v) is 3.45. The summed E-state index contributed by atoms with van der Waals surface area (Å²) in [5.41, 5.74) is 4.32. The van der Waals surface area contributed by atoms with E-state index < -0.39 is 5.82 Å². The van der Waals surface area contributed by atoms with Gasteiger partial charge >= 0.3 is 0 Å². The minimum Gasteiger partial charge on any atom is -0.294 e. The van der Waals surface area contributed by atoms with Crippen molar-refractivity contribution in [1.29, 1.82) is 0 Å². The van der Waals surface area contributed by atoms with E-state index in [1.54, 1.807) is 18.6 Å². The lowest BCUT2D eigenvalue weighted by Gasteiger charge is -2.08. The number of rotatable bonds is 5. The van der Waals surface area contributed by atoms with Crippen molar-refractivity contribution in [2.24, 2.45) is 0 Å². The molecule has 0 fully saturated rings. The van der Waals surface area contributed by atoms with Crippen LogP contribution in [0.5, 0.6) is 0 Å². The Morgan fingerprint density at radius 1 is 1.07 bits per heavy atom. The first kappa shape index (κ1) is 18.1. The molecule has 7 heteroatoms. The summed E-state index contributed by atoms with van der Waals surface area (Å²) in [6, 6.07) is 9.49. The van der Waals surface area contributed by atoms with Crippen LogP contribution in [0.1, 0.15) is 21.6 Å². The number of aryl methyl sites for hydroxylation is 1. The van der Waals surface area contributed by atoms with E-state index >= 15 is 0 Å². The van der Waals surface area contributed by atoms with Crippen LogP contribution < -0.4 is 0 Å². The highest BCUT2D eigenvalue weighted by molar-refractivity contribution is 7.09. The number of pyridine rings is 1. The lowest BCUT2D eigenvalue weighted by molar-refractivity contribution is 0.0988. The van der Waals surface area contributed by atoms with Crippen LogP contribution in [0, 0.1) is 12.7 Å². The highest BCUT2D eigenvalue weighted by atomic mass is 32.1. The summed E-state index contributed by atoms with van der Waals surface area (Å²) >= 11 is 1.44. The molecule has 4 aromatic rings. The first-order chi connectivity index (χ1) is 13.6. The lowest BCUT2D eigenvalue weighted by atomic mass is 10.0. The van der Waals surface area contributed by atoms with Crippen LogP contribution in [0.25, 0.3) is 21.7 Å². The topological polar surface area (TPSA) is 68.6 Å². The summed E-state index contributed by atoms with van der Waals surface area (Å²) in [6.07, 6.45) is 7.38. The van der Waals surface area contributed by atoms with Crippen LogP contribution in [-0.2, 0) is 6.42 Å². The molecule has 28 heavy (non-hydrogen) atoms. The Kier molecular flexibility index (Phi) is 4.99. The molecule has 0 unspecified atom stereocenters. The van der Waals surface area contributed by atoms with Crippen LogP contribution in [0.15, 0.2) is 61.3 Å². The van der Waals surface area contributed by atoms with Gasteiger partial charge in [-0.1, -0.05) is 12.1 Å². The predicted octanol–water partition coefficient (Wildman–Crippen LogP) is 4.54. The number of Topliss-reactive ketones (excluding diaryl/α,β-unsaturated/α-hetero) is 1. The van der Waals surface area contributed by atoms with Crippen LogP contribution in [0.4, 0.5) is 4.39 Å². The molecule has 0 aliphatic heterocycles. The Morgan fingerprint density at radius 2 is 1.96 bits per heavy atom. The number of carbonyl (C=O) groups is 1. The molecule has 5 nitrogen and oxygen atoms in total. The first-order valence-electron chi connectivity index (χ1n) is 8.57. The maximum Gasteiger partial charge on any atom is 0.171 e. The van der Waals surface area contributed by atoms with Crippen molar-refractivity contribution in [3.8, 4) is 21.7 Å². The van der Waals surface area contributed by atoms with Gasteiger partial charge in [-0.15, -0.1) is 0 Å². The van der Waals surface area contributed by atoms with Gasteiger partial charge in [0.25, 0.3) is 0 Å². The largest absolute Gasteiger partial charge is 0.294 e. The third kappa shape index (κ3) is 3.70. The van der Waals surface area contributed by atoms with Crippen LogP contribution >= 0.6 is 11.5 Å². The Labute approximate surface area is 165 Å². The molecule has 3 aromatic heterocycles. The molecule has 0 N–H and O–H groups in total. The lowest BCUT2D eigenvalue weighted by Crippen LogP contribution is -2.08. The number of hydrogen-bond acceptors (Lipinski definition) is 6. The summed E-state index contributed by atoms with van der Waals surface area (Å²) in [4.78, 5) is 25.8. The predicted molar refractivity (Wildman–Crippen MR) is 106 cm³/mol. The van der Waals surface area contributed by atoms with Gasteiger partial charge in [-0.25, -0.2) is 8.76 Å². The molecule has 4 rings (SSSR count). The third-order valence-electron chi connectivity index (χ3n) is 4.36. The first-order valence-corrected chi connectivity index (χ1v) is 9.35. The second-order valence-corrected chi connectivity index (χ2v) is 7.09. The van der Waals surface area contributed by atoms with Crippen molar-refractivity contribution in [3.63, 3.8) is 0 Å². The molecule has 0 atom stereocenters. The van der Waals surface area contributed by atoms with Crippen molar-refractivity contribution in [3.05, 3.63) is 84.0 Å². The number of ketones is 1. The van der Waals surface area contributed by atoms with E-state index in [0.29, 0.717) is 5.69 Å². The smallest absolute Gasteiger partial charge is 0.171 e. The summed E-state index contributed by atoms with van der Waals surface area (Å²) in [7, 11) is 0. The number of carbonyl (C=O) groups excluding carboxylic acids is 1. The summed E-state index contributed by atoms with van der Waals surface area (Å²) < 4.78 is 17.8. The van der Waals surface area contributed by atoms with Gasteiger partial charge in [-0.05, 0) is 47.8 Å². The SMILES string of the molecule is Cc1ccc(-c2ccns2)cc1-c1cnc(CC(=O)c2ccncc2F)cn1. The molecule has 0 saturated carbocycles. The monoisotopic (exact) mass is 390 g/mol. The fourth-order valence-electron chi connectivity index (χ4n) is 2.86. The summed E-state index contributed by atoms with van der Waals surface area (Å²) in [5, 5.41) is 0. The molecule has 0 spiro atoms. The molecule has 0 bridgehead atoms. The van der Waals surface area contributed by atoms with Crippen LogP contribution in [-0.4, -0.2) is 25.1 Å². The minimum absolute atomic E-state index is 0.00831. The third-order valence-corrected chi connectivity index (χ3v) is 5.15. The van der Waals surface area contributed by atoms with Crippen molar-refractivity contribution in [2.45, 2.75) is 13.3 Å². The Morgan fingerprint density at radius 3 is 2.68 bits per heavy atom. The molecule has 0 aliphatic rings. The number of hydrogen-bond donors (Lipinski definition) is 0.